The summed E-state index contributed by atoms with van der Waals surface area (Å²) in [5, 5.41) is 0. The van der Waals surface area contributed by atoms with Crippen molar-refractivity contribution < 1.29 is 12.8 Å². The fraction of sp³-hybridized carbons (Fsp3) is 0.368. The summed E-state index contributed by atoms with van der Waals surface area (Å²) < 4.78 is 39.7. The number of hydrogen-bond donors (Lipinski definition) is 0. The average Bonchev–Trinajstić information content (AvgIpc) is 2.64. The van der Waals surface area contributed by atoms with Crippen LogP contribution in [0.2, 0.25) is 0 Å². The zero-order valence-electron chi connectivity index (χ0n) is 14.8. The van der Waals surface area contributed by atoms with Crippen LogP contribution < -0.4 is 0 Å². The fourth-order valence-corrected chi connectivity index (χ4v) is 5.21. The molecule has 1 saturated heterocycles. The molecule has 0 aromatic heterocycles. The maximum atomic E-state index is 13.0. The van der Waals surface area contributed by atoms with Crippen LogP contribution in [0.1, 0.15) is 5.56 Å². The van der Waals surface area contributed by atoms with Crippen LogP contribution in [0.4, 0.5) is 4.39 Å². The first-order valence-electron chi connectivity index (χ1n) is 8.63. The van der Waals surface area contributed by atoms with Gasteiger partial charge >= 0.3 is 0 Å². The van der Waals surface area contributed by atoms with Gasteiger partial charge in [0.15, 0.2) is 0 Å². The number of aryl methyl sites for hydroxylation is 1. The molecule has 0 aliphatic carbocycles. The molecule has 0 N–H and O–H groups in total. The van der Waals surface area contributed by atoms with E-state index in [0.29, 0.717) is 13.1 Å². The van der Waals surface area contributed by atoms with Crippen LogP contribution >= 0.6 is 11.8 Å². The van der Waals surface area contributed by atoms with Crippen LogP contribution in [0.15, 0.2) is 58.3 Å². The van der Waals surface area contributed by atoms with Crippen molar-refractivity contribution in [2.75, 3.05) is 38.5 Å². The van der Waals surface area contributed by atoms with Gasteiger partial charge in [-0.1, -0.05) is 17.7 Å². The highest BCUT2D eigenvalue weighted by molar-refractivity contribution is 7.99. The predicted molar refractivity (Wildman–Crippen MR) is 104 cm³/mol. The Hall–Kier alpha value is -1.41. The maximum absolute atomic E-state index is 13.0. The van der Waals surface area contributed by atoms with Crippen molar-refractivity contribution in [3.8, 4) is 0 Å². The molecule has 1 aliphatic heterocycles. The number of nitrogens with zero attached hydrogens (tertiary/aromatic N) is 2. The molecule has 4 nitrogen and oxygen atoms in total. The van der Waals surface area contributed by atoms with Crippen LogP contribution in [0.5, 0.6) is 0 Å². The molecule has 0 radical (unpaired) electrons. The molecule has 1 fully saturated rings. The fourth-order valence-electron chi connectivity index (χ4n) is 2.88. The second-order valence-corrected chi connectivity index (χ2v) is 9.47. The van der Waals surface area contributed by atoms with Crippen molar-refractivity contribution in [3.63, 3.8) is 0 Å². The summed E-state index contributed by atoms with van der Waals surface area (Å²) in [5.41, 5.74) is 1.26. The van der Waals surface area contributed by atoms with Gasteiger partial charge in [-0.2, -0.15) is 4.31 Å². The minimum absolute atomic E-state index is 0.155. The van der Waals surface area contributed by atoms with Gasteiger partial charge < -0.3 is 0 Å². The third kappa shape index (κ3) is 4.85. The molecule has 0 bridgehead atoms. The van der Waals surface area contributed by atoms with E-state index in [1.165, 1.54) is 39.0 Å². The Kier molecular flexibility index (Phi) is 6.34. The first-order valence-corrected chi connectivity index (χ1v) is 11.1. The first-order chi connectivity index (χ1) is 12.4. The van der Waals surface area contributed by atoms with Gasteiger partial charge in [0.2, 0.25) is 10.0 Å². The zero-order valence-corrected chi connectivity index (χ0v) is 16.4. The largest absolute Gasteiger partial charge is 0.300 e. The van der Waals surface area contributed by atoms with Gasteiger partial charge in [-0.15, -0.1) is 11.8 Å². The monoisotopic (exact) mass is 394 g/mol. The minimum atomic E-state index is -3.54. The topological polar surface area (TPSA) is 40.6 Å². The highest BCUT2D eigenvalue weighted by Crippen LogP contribution is 2.20. The van der Waals surface area contributed by atoms with Crippen LogP contribution in [-0.2, 0) is 10.0 Å². The molecule has 0 unspecified atom stereocenters. The first kappa shape index (κ1) is 19.4. The van der Waals surface area contributed by atoms with Crippen molar-refractivity contribution in [1.29, 1.82) is 0 Å². The number of piperazine rings is 1. The van der Waals surface area contributed by atoms with E-state index in [2.05, 4.69) is 36.1 Å². The van der Waals surface area contributed by atoms with E-state index in [4.69, 9.17) is 0 Å². The molecular weight excluding hydrogens is 371 g/mol. The summed E-state index contributed by atoms with van der Waals surface area (Å²) in [6, 6.07) is 13.5. The van der Waals surface area contributed by atoms with E-state index < -0.39 is 15.8 Å². The van der Waals surface area contributed by atoms with Crippen molar-refractivity contribution >= 4 is 21.8 Å². The van der Waals surface area contributed by atoms with E-state index in [9.17, 15) is 12.8 Å². The molecule has 0 saturated carbocycles. The number of thioether (sulfide) groups is 1. The van der Waals surface area contributed by atoms with E-state index in [0.717, 1.165) is 25.4 Å². The van der Waals surface area contributed by atoms with Gasteiger partial charge in [0, 0.05) is 43.4 Å². The zero-order chi connectivity index (χ0) is 18.6. The Bertz CT molecular complexity index is 816. The van der Waals surface area contributed by atoms with E-state index >= 15 is 0 Å². The average molecular weight is 395 g/mol. The molecule has 26 heavy (non-hydrogen) atoms. The smallest absolute Gasteiger partial charge is 0.243 e. The molecule has 7 heteroatoms. The van der Waals surface area contributed by atoms with Crippen molar-refractivity contribution in [3.05, 3.63) is 59.9 Å². The highest BCUT2D eigenvalue weighted by atomic mass is 32.2. The summed E-state index contributed by atoms with van der Waals surface area (Å²) in [5.74, 6) is 0.549. The lowest BCUT2D eigenvalue weighted by atomic mass is 10.2. The van der Waals surface area contributed by atoms with Gasteiger partial charge in [0.25, 0.3) is 0 Å². The minimum Gasteiger partial charge on any atom is -0.300 e. The number of benzene rings is 2. The van der Waals surface area contributed by atoms with Crippen LogP contribution in [0, 0.1) is 12.7 Å². The molecular formula is C19H23FN2O2S2. The molecule has 0 atom stereocenters. The van der Waals surface area contributed by atoms with E-state index in [-0.39, 0.29) is 4.90 Å². The normalized spacial score (nSPS) is 16.7. The maximum Gasteiger partial charge on any atom is 0.243 e. The van der Waals surface area contributed by atoms with Crippen molar-refractivity contribution in [2.45, 2.75) is 16.7 Å². The molecule has 140 valence electrons. The summed E-state index contributed by atoms with van der Waals surface area (Å²) in [4.78, 5) is 3.70. The van der Waals surface area contributed by atoms with Crippen molar-refractivity contribution in [1.82, 2.24) is 9.21 Å². The lowest BCUT2D eigenvalue weighted by molar-refractivity contribution is 0.197. The molecule has 2 aromatic carbocycles. The van der Waals surface area contributed by atoms with E-state index in [1.54, 1.807) is 0 Å². The second-order valence-electron chi connectivity index (χ2n) is 6.36. The van der Waals surface area contributed by atoms with Crippen LogP contribution in [-0.4, -0.2) is 56.1 Å². The van der Waals surface area contributed by atoms with Gasteiger partial charge in [-0.3, -0.25) is 4.90 Å². The van der Waals surface area contributed by atoms with E-state index in [1.807, 2.05) is 11.8 Å². The Morgan fingerprint density at radius 3 is 2.19 bits per heavy atom. The van der Waals surface area contributed by atoms with Gasteiger partial charge in [0.05, 0.1) is 4.90 Å². The Labute approximate surface area is 159 Å². The number of hydrogen-bond acceptors (Lipinski definition) is 4. The van der Waals surface area contributed by atoms with Gasteiger partial charge in [-0.05, 0) is 43.3 Å². The van der Waals surface area contributed by atoms with Crippen LogP contribution in [0.3, 0.4) is 0 Å². The summed E-state index contributed by atoms with van der Waals surface area (Å²) in [6.45, 7) is 5.38. The standard InChI is InChI=1S/C19H23FN2O2S2/c1-16-2-6-18(7-3-16)25-15-14-21-10-12-22(13-11-21)26(23,24)19-8-4-17(20)5-9-19/h2-9H,10-15H2,1H3. The quantitative estimate of drug-likeness (QED) is 0.706. The highest BCUT2D eigenvalue weighted by Gasteiger charge is 2.28. The molecule has 0 spiro atoms. The summed E-state index contributed by atoms with van der Waals surface area (Å²) in [6.07, 6.45) is 0. The number of rotatable bonds is 6. The van der Waals surface area contributed by atoms with Crippen LogP contribution in [0.25, 0.3) is 0 Å². The third-order valence-electron chi connectivity index (χ3n) is 4.48. The van der Waals surface area contributed by atoms with Gasteiger partial charge in [-0.25, -0.2) is 12.8 Å². The Morgan fingerprint density at radius 1 is 0.962 bits per heavy atom. The number of sulfonamides is 1. The third-order valence-corrected chi connectivity index (χ3v) is 7.38. The lowest BCUT2D eigenvalue weighted by Gasteiger charge is -2.33. The summed E-state index contributed by atoms with van der Waals surface area (Å²) in [7, 11) is -3.54. The molecule has 0 amide bonds. The Morgan fingerprint density at radius 2 is 1.58 bits per heavy atom. The van der Waals surface area contributed by atoms with Crippen molar-refractivity contribution in [2.24, 2.45) is 0 Å². The predicted octanol–water partition coefficient (Wildman–Crippen LogP) is 3.23. The number of halogens is 1. The molecule has 3 rings (SSSR count). The molecule has 1 heterocycles. The molecule has 1 aliphatic rings. The molecule has 2 aromatic rings. The second kappa shape index (κ2) is 8.52. The summed E-state index contributed by atoms with van der Waals surface area (Å²) >= 11 is 1.82. The Balaban J connectivity index is 1.47. The SMILES string of the molecule is Cc1ccc(SCCN2CCN(S(=O)(=O)c3ccc(F)cc3)CC2)cc1. The lowest BCUT2D eigenvalue weighted by Crippen LogP contribution is -2.49. The van der Waals surface area contributed by atoms with Gasteiger partial charge in [0.1, 0.15) is 5.82 Å².